The Kier molecular flexibility index (Phi) is 4.99. The first kappa shape index (κ1) is 18.4. The van der Waals surface area contributed by atoms with Gasteiger partial charge in [0.05, 0.1) is 13.2 Å². The lowest BCUT2D eigenvalue weighted by atomic mass is 9.92. The number of hydrogen-bond acceptors (Lipinski definition) is 2. The van der Waals surface area contributed by atoms with Crippen LogP contribution in [0.15, 0.2) is 48.5 Å². The SMILES string of the molecule is COc1ccc([C@@H]2c3[nH]c4ccccc4c3CCN2C(=O)NCC(C)C)cc1. The summed E-state index contributed by atoms with van der Waals surface area (Å²) in [5.74, 6) is 1.23. The second-order valence-corrected chi connectivity index (χ2v) is 7.76. The molecule has 2 N–H and O–H groups in total. The quantitative estimate of drug-likeness (QED) is 0.704. The predicted molar refractivity (Wildman–Crippen MR) is 112 cm³/mol. The van der Waals surface area contributed by atoms with Gasteiger partial charge in [-0.2, -0.15) is 0 Å². The van der Waals surface area contributed by atoms with Crippen LogP contribution >= 0.6 is 0 Å². The minimum atomic E-state index is -0.144. The van der Waals surface area contributed by atoms with Crippen LogP contribution < -0.4 is 10.1 Å². The van der Waals surface area contributed by atoms with Gasteiger partial charge in [-0.25, -0.2) is 4.79 Å². The van der Waals surface area contributed by atoms with Crippen molar-refractivity contribution in [3.8, 4) is 5.75 Å². The molecule has 146 valence electrons. The standard InChI is InChI=1S/C23H27N3O2/c1-15(2)14-24-23(27)26-13-12-19-18-6-4-5-7-20(18)25-21(19)22(26)16-8-10-17(28-3)11-9-16/h4-11,15,22,25H,12-14H2,1-3H3,(H,24,27)/t22-/m1/s1. The number of rotatable bonds is 4. The Morgan fingerprint density at radius 1 is 1.21 bits per heavy atom. The molecule has 0 bridgehead atoms. The number of nitrogens with zero attached hydrogens (tertiary/aromatic N) is 1. The van der Waals surface area contributed by atoms with Crippen LogP contribution in [0.25, 0.3) is 10.9 Å². The van der Waals surface area contributed by atoms with Crippen LogP contribution in [0.4, 0.5) is 4.79 Å². The van der Waals surface area contributed by atoms with Crippen molar-refractivity contribution in [3.63, 3.8) is 0 Å². The monoisotopic (exact) mass is 377 g/mol. The van der Waals surface area contributed by atoms with E-state index < -0.39 is 0 Å². The zero-order valence-electron chi connectivity index (χ0n) is 16.7. The molecule has 2 aromatic carbocycles. The number of carbonyl (C=O) groups is 1. The van der Waals surface area contributed by atoms with Gasteiger partial charge in [0, 0.05) is 29.7 Å². The number of benzene rings is 2. The molecule has 1 aliphatic heterocycles. The molecule has 1 aliphatic rings. The van der Waals surface area contributed by atoms with E-state index in [2.05, 4.69) is 42.3 Å². The molecule has 0 radical (unpaired) electrons. The lowest BCUT2D eigenvalue weighted by Crippen LogP contribution is -2.46. The number of amides is 2. The van der Waals surface area contributed by atoms with Gasteiger partial charge in [0.2, 0.25) is 0 Å². The lowest BCUT2D eigenvalue weighted by Gasteiger charge is -2.36. The maximum atomic E-state index is 13.0. The Morgan fingerprint density at radius 2 is 1.96 bits per heavy atom. The summed E-state index contributed by atoms with van der Waals surface area (Å²) in [4.78, 5) is 18.5. The normalized spacial score (nSPS) is 16.3. The Balaban J connectivity index is 1.77. The number of nitrogens with one attached hydrogen (secondary N) is 2. The highest BCUT2D eigenvalue weighted by molar-refractivity contribution is 5.86. The summed E-state index contributed by atoms with van der Waals surface area (Å²) < 4.78 is 5.31. The van der Waals surface area contributed by atoms with Crippen molar-refractivity contribution in [1.82, 2.24) is 15.2 Å². The number of hydrogen-bond donors (Lipinski definition) is 2. The molecule has 1 aromatic heterocycles. The van der Waals surface area contributed by atoms with Crippen molar-refractivity contribution in [1.29, 1.82) is 0 Å². The summed E-state index contributed by atoms with van der Waals surface area (Å²) in [6.07, 6.45) is 0.848. The van der Waals surface area contributed by atoms with Gasteiger partial charge >= 0.3 is 6.03 Å². The molecule has 0 saturated carbocycles. The topological polar surface area (TPSA) is 57.4 Å². The third-order valence-electron chi connectivity index (χ3n) is 5.39. The van der Waals surface area contributed by atoms with Gasteiger partial charge in [-0.15, -0.1) is 0 Å². The van der Waals surface area contributed by atoms with Crippen molar-refractivity contribution >= 4 is 16.9 Å². The summed E-state index contributed by atoms with van der Waals surface area (Å²) in [7, 11) is 1.66. The Bertz CT molecular complexity index is 975. The van der Waals surface area contributed by atoms with Crippen LogP contribution in [0.3, 0.4) is 0 Å². The van der Waals surface area contributed by atoms with Crippen LogP contribution in [-0.2, 0) is 6.42 Å². The van der Waals surface area contributed by atoms with Crippen LogP contribution in [0.1, 0.15) is 36.7 Å². The molecule has 28 heavy (non-hydrogen) atoms. The first-order chi connectivity index (χ1) is 13.6. The molecule has 5 nitrogen and oxygen atoms in total. The molecule has 0 aliphatic carbocycles. The molecule has 4 rings (SSSR count). The average Bonchev–Trinajstić information content (AvgIpc) is 3.10. The summed E-state index contributed by atoms with van der Waals surface area (Å²) in [6.45, 7) is 5.57. The van der Waals surface area contributed by atoms with E-state index in [0.717, 1.165) is 28.9 Å². The summed E-state index contributed by atoms with van der Waals surface area (Å²) >= 11 is 0. The molecule has 2 amide bonds. The summed E-state index contributed by atoms with van der Waals surface area (Å²) in [5, 5.41) is 4.34. The first-order valence-corrected chi connectivity index (χ1v) is 9.86. The molecule has 2 heterocycles. The minimum absolute atomic E-state index is 0.0150. The second-order valence-electron chi connectivity index (χ2n) is 7.76. The van der Waals surface area contributed by atoms with E-state index in [0.29, 0.717) is 19.0 Å². The zero-order chi connectivity index (χ0) is 19.7. The molecule has 0 spiro atoms. The number of aromatic nitrogens is 1. The fraction of sp³-hybridized carbons (Fsp3) is 0.348. The van der Waals surface area contributed by atoms with Gasteiger partial charge in [-0.3, -0.25) is 0 Å². The van der Waals surface area contributed by atoms with Crippen molar-refractivity contribution in [2.75, 3.05) is 20.2 Å². The molecule has 0 fully saturated rings. The molecule has 0 unspecified atom stereocenters. The van der Waals surface area contributed by atoms with Crippen molar-refractivity contribution in [2.24, 2.45) is 5.92 Å². The zero-order valence-corrected chi connectivity index (χ0v) is 16.7. The Morgan fingerprint density at radius 3 is 2.68 bits per heavy atom. The number of methoxy groups -OCH3 is 1. The van der Waals surface area contributed by atoms with Gasteiger partial charge < -0.3 is 19.9 Å². The third-order valence-corrected chi connectivity index (χ3v) is 5.39. The van der Waals surface area contributed by atoms with Gasteiger partial charge in [0.1, 0.15) is 5.75 Å². The van der Waals surface area contributed by atoms with E-state index in [9.17, 15) is 4.79 Å². The maximum Gasteiger partial charge on any atom is 0.318 e. The third kappa shape index (κ3) is 3.33. The largest absolute Gasteiger partial charge is 0.497 e. The number of aromatic amines is 1. The number of carbonyl (C=O) groups excluding carboxylic acids is 1. The highest BCUT2D eigenvalue weighted by Crippen LogP contribution is 2.38. The number of urea groups is 1. The smallest absolute Gasteiger partial charge is 0.318 e. The number of ether oxygens (including phenoxy) is 1. The fourth-order valence-corrected chi connectivity index (χ4v) is 3.99. The highest BCUT2D eigenvalue weighted by atomic mass is 16.5. The number of para-hydroxylation sites is 1. The lowest BCUT2D eigenvalue weighted by molar-refractivity contribution is 0.178. The van der Waals surface area contributed by atoms with Gasteiger partial charge in [0.25, 0.3) is 0 Å². The van der Waals surface area contributed by atoms with Gasteiger partial charge in [-0.05, 0) is 41.7 Å². The fourth-order valence-electron chi connectivity index (χ4n) is 3.99. The number of fused-ring (bicyclic) bond motifs is 3. The minimum Gasteiger partial charge on any atom is -0.497 e. The van der Waals surface area contributed by atoms with Crippen LogP contribution in [0, 0.1) is 5.92 Å². The van der Waals surface area contributed by atoms with Crippen molar-refractivity contribution in [3.05, 3.63) is 65.4 Å². The summed E-state index contributed by atoms with van der Waals surface area (Å²) in [5.41, 5.74) is 4.62. The Hall–Kier alpha value is -2.95. The molecule has 3 aromatic rings. The van der Waals surface area contributed by atoms with E-state index in [-0.39, 0.29) is 12.1 Å². The molecule has 0 saturated heterocycles. The predicted octanol–water partition coefficient (Wildman–Crippen LogP) is 4.49. The first-order valence-electron chi connectivity index (χ1n) is 9.86. The van der Waals surface area contributed by atoms with Crippen LogP contribution in [0.5, 0.6) is 5.75 Å². The van der Waals surface area contributed by atoms with Crippen molar-refractivity contribution < 1.29 is 9.53 Å². The molecule has 5 heteroatoms. The number of H-pyrrole nitrogens is 1. The van der Waals surface area contributed by atoms with E-state index in [1.807, 2.05) is 35.2 Å². The van der Waals surface area contributed by atoms with Crippen LogP contribution in [-0.4, -0.2) is 36.1 Å². The van der Waals surface area contributed by atoms with Gasteiger partial charge in [0.15, 0.2) is 0 Å². The molecule has 1 atom stereocenters. The molecular formula is C23H27N3O2. The maximum absolute atomic E-state index is 13.0. The Labute approximate surface area is 165 Å². The van der Waals surface area contributed by atoms with E-state index in [1.165, 1.54) is 10.9 Å². The van der Waals surface area contributed by atoms with Crippen molar-refractivity contribution in [2.45, 2.75) is 26.3 Å². The van der Waals surface area contributed by atoms with Gasteiger partial charge in [-0.1, -0.05) is 44.2 Å². The van der Waals surface area contributed by atoms with E-state index in [4.69, 9.17) is 4.74 Å². The average molecular weight is 377 g/mol. The highest BCUT2D eigenvalue weighted by Gasteiger charge is 2.34. The van der Waals surface area contributed by atoms with Crippen LogP contribution in [0.2, 0.25) is 0 Å². The second kappa shape index (κ2) is 7.58. The van der Waals surface area contributed by atoms with E-state index in [1.54, 1.807) is 7.11 Å². The summed E-state index contributed by atoms with van der Waals surface area (Å²) in [6, 6.07) is 16.2. The molecular weight excluding hydrogens is 350 g/mol. The van der Waals surface area contributed by atoms with E-state index >= 15 is 0 Å².